The summed E-state index contributed by atoms with van der Waals surface area (Å²) < 4.78 is 0.798. The number of amides is 1. The molecular weight excluding hydrogens is 332 g/mol. The Morgan fingerprint density at radius 2 is 2.00 bits per heavy atom. The van der Waals surface area contributed by atoms with Crippen molar-refractivity contribution in [3.8, 4) is 0 Å². The summed E-state index contributed by atoms with van der Waals surface area (Å²) in [7, 11) is 0. The maximum atomic E-state index is 11.9. The Morgan fingerprint density at radius 3 is 2.67 bits per heavy atom. The minimum atomic E-state index is -0.0823. The van der Waals surface area contributed by atoms with E-state index in [2.05, 4.69) is 31.5 Å². The van der Waals surface area contributed by atoms with Crippen molar-refractivity contribution in [3.05, 3.63) is 52.1 Å². The molecule has 0 spiro atoms. The molecule has 0 atom stereocenters. The van der Waals surface area contributed by atoms with Gasteiger partial charge in [0.15, 0.2) is 0 Å². The molecule has 0 saturated heterocycles. The minimum absolute atomic E-state index is 0.0823. The molecule has 0 aliphatic rings. The van der Waals surface area contributed by atoms with Crippen LogP contribution in [0.1, 0.15) is 15.9 Å². The normalized spacial score (nSPS) is 10.2. The number of nitrogens with zero attached hydrogens (tertiary/aromatic N) is 1. The van der Waals surface area contributed by atoms with Crippen molar-refractivity contribution < 1.29 is 4.79 Å². The van der Waals surface area contributed by atoms with E-state index in [1.807, 2.05) is 31.2 Å². The number of carbonyl (C=O) groups is 1. The third-order valence-electron chi connectivity index (χ3n) is 2.88. The maximum absolute atomic E-state index is 11.9. The number of aromatic nitrogens is 1. The fourth-order valence-corrected chi connectivity index (χ4v) is 2.25. The predicted octanol–water partition coefficient (Wildman–Crippen LogP) is 2.58. The van der Waals surface area contributed by atoms with Gasteiger partial charge in [-0.05, 0) is 41.1 Å². The highest BCUT2D eigenvalue weighted by Crippen LogP contribution is 2.21. The van der Waals surface area contributed by atoms with Crippen LogP contribution in [-0.2, 0) is 0 Å². The Kier molecular flexibility index (Phi) is 5.16. The van der Waals surface area contributed by atoms with Gasteiger partial charge in [0.05, 0.1) is 16.4 Å². The molecule has 1 aromatic heterocycles. The first-order valence-electron chi connectivity index (χ1n) is 6.56. The summed E-state index contributed by atoms with van der Waals surface area (Å²) in [6.45, 7) is 3.07. The van der Waals surface area contributed by atoms with Crippen LogP contribution in [0.4, 0.5) is 11.5 Å². The molecular formula is C15H17BrN4O. The molecule has 0 unspecified atom stereocenters. The summed E-state index contributed by atoms with van der Waals surface area (Å²) >= 11 is 3.38. The van der Waals surface area contributed by atoms with E-state index in [1.165, 1.54) is 0 Å². The van der Waals surface area contributed by atoms with Gasteiger partial charge in [0.25, 0.3) is 5.91 Å². The van der Waals surface area contributed by atoms with Gasteiger partial charge < -0.3 is 16.4 Å². The van der Waals surface area contributed by atoms with Gasteiger partial charge in [-0.25, -0.2) is 4.98 Å². The fourth-order valence-electron chi connectivity index (χ4n) is 1.75. The molecule has 1 aromatic carbocycles. The molecule has 4 N–H and O–H groups in total. The van der Waals surface area contributed by atoms with Crippen LogP contribution in [-0.4, -0.2) is 24.0 Å². The smallest absolute Gasteiger partial charge is 0.251 e. The highest BCUT2D eigenvalue weighted by molar-refractivity contribution is 9.10. The number of carbonyl (C=O) groups excluding carboxylic acids is 1. The van der Waals surface area contributed by atoms with Gasteiger partial charge in [-0.3, -0.25) is 4.79 Å². The summed E-state index contributed by atoms with van der Waals surface area (Å²) in [5.74, 6) is 0.620. The zero-order valence-electron chi connectivity index (χ0n) is 11.7. The summed E-state index contributed by atoms with van der Waals surface area (Å²) in [4.78, 5) is 16.1. The molecule has 2 aromatic rings. The van der Waals surface area contributed by atoms with Gasteiger partial charge in [-0.1, -0.05) is 17.7 Å². The number of anilines is 2. The summed E-state index contributed by atoms with van der Waals surface area (Å²) in [5.41, 5.74) is 8.01. The number of rotatable bonds is 5. The Balaban J connectivity index is 1.79. The number of nitrogens with two attached hydrogens (primary N) is 1. The number of halogens is 1. The first-order chi connectivity index (χ1) is 10.1. The summed E-state index contributed by atoms with van der Waals surface area (Å²) in [6.07, 6.45) is 1.58. The number of hydrogen-bond donors (Lipinski definition) is 3. The van der Waals surface area contributed by atoms with Gasteiger partial charge in [0.2, 0.25) is 0 Å². The van der Waals surface area contributed by atoms with Gasteiger partial charge in [-0.15, -0.1) is 0 Å². The van der Waals surface area contributed by atoms with Crippen LogP contribution in [0, 0.1) is 6.92 Å². The van der Waals surface area contributed by atoms with E-state index in [4.69, 9.17) is 5.73 Å². The number of hydrogen-bond acceptors (Lipinski definition) is 4. The molecule has 0 radical (unpaired) electrons. The van der Waals surface area contributed by atoms with Crippen molar-refractivity contribution >= 4 is 33.3 Å². The number of nitrogen functional groups attached to an aromatic ring is 1. The second-order valence-electron chi connectivity index (χ2n) is 4.65. The number of pyridine rings is 1. The molecule has 21 heavy (non-hydrogen) atoms. The first kappa shape index (κ1) is 15.3. The largest absolute Gasteiger partial charge is 0.397 e. The second kappa shape index (κ2) is 7.08. The lowest BCUT2D eigenvalue weighted by Crippen LogP contribution is -2.28. The zero-order chi connectivity index (χ0) is 15.2. The van der Waals surface area contributed by atoms with Crippen molar-refractivity contribution in [2.45, 2.75) is 6.92 Å². The Morgan fingerprint density at radius 1 is 1.29 bits per heavy atom. The molecule has 6 heteroatoms. The lowest BCUT2D eigenvalue weighted by atomic mass is 10.1. The predicted molar refractivity (Wildman–Crippen MR) is 88.4 cm³/mol. The fraction of sp³-hybridized carbons (Fsp3) is 0.200. The van der Waals surface area contributed by atoms with Crippen LogP contribution in [0.5, 0.6) is 0 Å². The van der Waals surface area contributed by atoms with Crippen molar-refractivity contribution in [1.29, 1.82) is 0 Å². The highest BCUT2D eigenvalue weighted by atomic mass is 79.9. The Hall–Kier alpha value is -2.08. The van der Waals surface area contributed by atoms with E-state index in [0.29, 0.717) is 30.2 Å². The SMILES string of the molecule is Cc1ccc(C(=O)NCCNc2ncc(N)cc2Br)cc1. The van der Waals surface area contributed by atoms with Crippen molar-refractivity contribution in [1.82, 2.24) is 10.3 Å². The quantitative estimate of drug-likeness (QED) is 0.725. The van der Waals surface area contributed by atoms with Crippen LogP contribution in [0.15, 0.2) is 41.0 Å². The molecule has 2 rings (SSSR count). The van der Waals surface area contributed by atoms with Crippen molar-refractivity contribution in [2.75, 3.05) is 24.1 Å². The van der Waals surface area contributed by atoms with E-state index in [1.54, 1.807) is 12.3 Å². The zero-order valence-corrected chi connectivity index (χ0v) is 13.3. The third-order valence-corrected chi connectivity index (χ3v) is 3.48. The molecule has 5 nitrogen and oxygen atoms in total. The average Bonchev–Trinajstić information content (AvgIpc) is 2.46. The van der Waals surface area contributed by atoms with E-state index in [9.17, 15) is 4.79 Å². The van der Waals surface area contributed by atoms with E-state index < -0.39 is 0 Å². The monoisotopic (exact) mass is 348 g/mol. The van der Waals surface area contributed by atoms with Gasteiger partial charge in [0, 0.05) is 18.7 Å². The van der Waals surface area contributed by atoms with Gasteiger partial charge in [-0.2, -0.15) is 0 Å². The van der Waals surface area contributed by atoms with Crippen LogP contribution in [0.3, 0.4) is 0 Å². The number of aryl methyl sites for hydroxylation is 1. The Bertz CT molecular complexity index is 628. The molecule has 0 aliphatic heterocycles. The van der Waals surface area contributed by atoms with E-state index in [0.717, 1.165) is 10.0 Å². The first-order valence-corrected chi connectivity index (χ1v) is 7.35. The molecule has 110 valence electrons. The van der Waals surface area contributed by atoms with Gasteiger partial charge >= 0.3 is 0 Å². The lowest BCUT2D eigenvalue weighted by molar-refractivity contribution is 0.0955. The standard InChI is InChI=1S/C15H17BrN4O/c1-10-2-4-11(5-3-10)15(21)19-7-6-18-14-13(16)8-12(17)9-20-14/h2-5,8-9H,6-7,17H2,1H3,(H,18,20)(H,19,21). The topological polar surface area (TPSA) is 80.0 Å². The van der Waals surface area contributed by atoms with Crippen molar-refractivity contribution in [3.63, 3.8) is 0 Å². The summed E-state index contributed by atoms with van der Waals surface area (Å²) in [5, 5.41) is 5.98. The van der Waals surface area contributed by atoms with Crippen LogP contribution in [0.25, 0.3) is 0 Å². The molecule has 0 saturated carbocycles. The van der Waals surface area contributed by atoms with Gasteiger partial charge in [0.1, 0.15) is 5.82 Å². The summed E-state index contributed by atoms with van der Waals surface area (Å²) in [6, 6.07) is 9.25. The van der Waals surface area contributed by atoms with Crippen LogP contribution in [0.2, 0.25) is 0 Å². The van der Waals surface area contributed by atoms with E-state index in [-0.39, 0.29) is 5.91 Å². The molecule has 0 bridgehead atoms. The third kappa shape index (κ3) is 4.46. The highest BCUT2D eigenvalue weighted by Gasteiger charge is 2.04. The Labute approximate surface area is 132 Å². The number of nitrogens with one attached hydrogen (secondary N) is 2. The van der Waals surface area contributed by atoms with E-state index >= 15 is 0 Å². The van der Waals surface area contributed by atoms with Crippen LogP contribution >= 0.6 is 15.9 Å². The molecule has 0 aliphatic carbocycles. The minimum Gasteiger partial charge on any atom is -0.397 e. The molecule has 1 amide bonds. The average molecular weight is 349 g/mol. The molecule has 1 heterocycles. The number of benzene rings is 1. The molecule has 0 fully saturated rings. The van der Waals surface area contributed by atoms with Crippen LogP contribution < -0.4 is 16.4 Å². The maximum Gasteiger partial charge on any atom is 0.251 e. The van der Waals surface area contributed by atoms with Crippen molar-refractivity contribution in [2.24, 2.45) is 0 Å². The lowest BCUT2D eigenvalue weighted by Gasteiger charge is -2.09. The second-order valence-corrected chi connectivity index (χ2v) is 5.50.